The highest BCUT2D eigenvalue weighted by Crippen LogP contribution is 2.20. The fourth-order valence-corrected chi connectivity index (χ4v) is 2.48. The summed E-state index contributed by atoms with van der Waals surface area (Å²) in [5.41, 5.74) is 3.07. The Hall–Kier alpha value is -1.56. The molecule has 0 heteroatoms. The van der Waals surface area contributed by atoms with Crippen LogP contribution >= 0.6 is 0 Å². The summed E-state index contributed by atoms with van der Waals surface area (Å²) in [5.74, 6) is 0. The van der Waals surface area contributed by atoms with Gasteiger partial charge >= 0.3 is 0 Å². The van der Waals surface area contributed by atoms with E-state index in [1.807, 2.05) is 42.5 Å². The lowest BCUT2D eigenvalue weighted by atomic mass is 10.0. The van der Waals surface area contributed by atoms with Crippen LogP contribution in [0.1, 0.15) is 61.5 Å². The van der Waals surface area contributed by atoms with Crippen LogP contribution < -0.4 is 0 Å². The second-order valence-corrected chi connectivity index (χ2v) is 5.49. The molecule has 2 aromatic carbocycles. The molecule has 0 aromatic heterocycles. The molecule has 2 rings (SSSR count). The summed E-state index contributed by atoms with van der Waals surface area (Å²) in [6.45, 7) is 0.529. The minimum absolute atomic E-state index is 0.529. The van der Waals surface area contributed by atoms with Crippen LogP contribution in [0, 0.1) is 0 Å². The third-order valence-corrected chi connectivity index (χ3v) is 3.75. The van der Waals surface area contributed by atoms with Gasteiger partial charge in [-0.05, 0) is 29.5 Å². The Balaban J connectivity index is 1.83. The van der Waals surface area contributed by atoms with Crippen LogP contribution in [0.3, 0.4) is 0 Å². The zero-order valence-electron chi connectivity index (χ0n) is 15.9. The van der Waals surface area contributed by atoms with Crippen LogP contribution in [0.4, 0.5) is 0 Å². The average Bonchev–Trinajstić information content (AvgIpc) is 2.62. The smallest absolute Gasteiger partial charge is 0.0316 e. The van der Waals surface area contributed by atoms with Gasteiger partial charge in [-0.2, -0.15) is 0 Å². The first-order valence-electron chi connectivity index (χ1n) is 9.79. The quantitative estimate of drug-likeness (QED) is 0.452. The molecule has 2 aromatic rings. The standard InChI is InChI=1S/C21H28/c1-2-3-4-5-6-7-9-12-19-15-17-21(18-16-19)20-13-10-8-11-14-20/h8,10-11,13-18H,2-7,9,12H2,1H3/i1D,12D2. The summed E-state index contributed by atoms with van der Waals surface area (Å²) < 4.78 is 23.8. The van der Waals surface area contributed by atoms with Crippen molar-refractivity contribution in [2.45, 2.75) is 58.2 Å². The lowest BCUT2D eigenvalue weighted by molar-refractivity contribution is 0.589. The average molecular weight is 283 g/mol. The van der Waals surface area contributed by atoms with E-state index in [4.69, 9.17) is 4.11 Å². The van der Waals surface area contributed by atoms with Crippen molar-refractivity contribution < 1.29 is 4.11 Å². The summed E-state index contributed by atoms with van der Waals surface area (Å²) in [4.78, 5) is 0. The van der Waals surface area contributed by atoms with Crippen LogP contribution in [0.2, 0.25) is 0 Å². The highest BCUT2D eigenvalue weighted by atomic mass is 14.0. The monoisotopic (exact) mass is 283 g/mol. The van der Waals surface area contributed by atoms with Gasteiger partial charge in [-0.25, -0.2) is 0 Å². The molecular weight excluding hydrogens is 252 g/mol. The Morgan fingerprint density at radius 1 is 0.714 bits per heavy atom. The third-order valence-electron chi connectivity index (χ3n) is 3.75. The van der Waals surface area contributed by atoms with Crippen LogP contribution in [0.25, 0.3) is 11.1 Å². The number of hydrogen-bond donors (Lipinski definition) is 0. The fourth-order valence-electron chi connectivity index (χ4n) is 2.48. The van der Waals surface area contributed by atoms with Crippen molar-refractivity contribution in [3.8, 4) is 11.1 Å². The lowest BCUT2D eigenvalue weighted by Crippen LogP contribution is -1.87. The van der Waals surface area contributed by atoms with Crippen molar-refractivity contribution in [2.24, 2.45) is 0 Å². The van der Waals surface area contributed by atoms with Gasteiger partial charge in [0.05, 0.1) is 0 Å². The van der Waals surface area contributed by atoms with Crippen molar-refractivity contribution in [3.05, 3.63) is 60.2 Å². The minimum Gasteiger partial charge on any atom is -0.0654 e. The van der Waals surface area contributed by atoms with Gasteiger partial charge in [-0.1, -0.05) is 100 Å². The van der Waals surface area contributed by atoms with E-state index in [2.05, 4.69) is 12.1 Å². The summed E-state index contributed by atoms with van der Waals surface area (Å²) in [6.07, 6.45) is 5.79. The molecule has 0 nitrogen and oxygen atoms in total. The van der Waals surface area contributed by atoms with Crippen molar-refractivity contribution in [1.82, 2.24) is 0 Å². The molecule has 0 aliphatic heterocycles. The normalized spacial score (nSPS) is 13.4. The Bertz CT molecular complexity index is 576. The van der Waals surface area contributed by atoms with Crippen molar-refractivity contribution >= 4 is 0 Å². The molecule has 0 bridgehead atoms. The van der Waals surface area contributed by atoms with Crippen LogP contribution in [-0.2, 0) is 6.37 Å². The summed E-state index contributed by atoms with van der Waals surface area (Å²) >= 11 is 0. The van der Waals surface area contributed by atoms with Gasteiger partial charge in [0.25, 0.3) is 0 Å². The van der Waals surface area contributed by atoms with E-state index in [0.717, 1.165) is 48.8 Å². The van der Waals surface area contributed by atoms with E-state index in [1.54, 1.807) is 0 Å². The van der Waals surface area contributed by atoms with Crippen LogP contribution in [0.15, 0.2) is 54.6 Å². The lowest BCUT2D eigenvalue weighted by Gasteiger charge is -2.05. The molecule has 0 saturated carbocycles. The Labute approximate surface area is 134 Å². The topological polar surface area (TPSA) is 0 Å². The molecule has 112 valence electrons. The molecule has 0 unspecified atom stereocenters. The van der Waals surface area contributed by atoms with Gasteiger partial charge in [0.15, 0.2) is 0 Å². The van der Waals surface area contributed by atoms with Gasteiger partial charge in [0.2, 0.25) is 0 Å². The number of rotatable bonds is 9. The van der Waals surface area contributed by atoms with Gasteiger partial charge in [-0.3, -0.25) is 0 Å². The first-order chi connectivity index (χ1) is 11.6. The number of hydrogen-bond acceptors (Lipinski definition) is 0. The van der Waals surface area contributed by atoms with Crippen molar-refractivity contribution in [3.63, 3.8) is 0 Å². The number of benzene rings is 2. The van der Waals surface area contributed by atoms with Crippen LogP contribution in [-0.4, -0.2) is 0 Å². The largest absolute Gasteiger partial charge is 0.0654 e. The van der Waals surface area contributed by atoms with Gasteiger partial charge < -0.3 is 0 Å². The molecule has 0 amide bonds. The van der Waals surface area contributed by atoms with E-state index >= 15 is 0 Å². The molecule has 21 heavy (non-hydrogen) atoms. The molecule has 0 aliphatic carbocycles. The van der Waals surface area contributed by atoms with Crippen molar-refractivity contribution in [2.75, 3.05) is 0 Å². The molecule has 0 spiro atoms. The first kappa shape index (κ1) is 12.0. The Morgan fingerprint density at radius 3 is 2.05 bits per heavy atom. The second-order valence-electron chi connectivity index (χ2n) is 5.49. The maximum Gasteiger partial charge on any atom is 0.0316 e. The fraction of sp³-hybridized carbons (Fsp3) is 0.429. The molecule has 0 saturated heterocycles. The van der Waals surface area contributed by atoms with E-state index in [0.29, 0.717) is 13.3 Å². The summed E-state index contributed by atoms with van der Waals surface area (Å²) in [5, 5.41) is 0. The molecule has 0 aliphatic rings. The van der Waals surface area contributed by atoms with E-state index in [1.165, 1.54) is 6.42 Å². The highest BCUT2D eigenvalue weighted by Gasteiger charge is 1.98. The van der Waals surface area contributed by atoms with E-state index in [-0.39, 0.29) is 0 Å². The predicted octanol–water partition coefficient (Wildman–Crippen LogP) is 6.65. The Morgan fingerprint density at radius 2 is 1.33 bits per heavy atom. The van der Waals surface area contributed by atoms with Crippen LogP contribution in [0.5, 0.6) is 0 Å². The maximum absolute atomic E-state index is 8.33. The van der Waals surface area contributed by atoms with Gasteiger partial charge in [-0.15, -0.1) is 0 Å². The van der Waals surface area contributed by atoms with Crippen molar-refractivity contribution in [1.29, 1.82) is 0 Å². The minimum atomic E-state index is -1.25. The van der Waals surface area contributed by atoms with E-state index in [9.17, 15) is 0 Å². The van der Waals surface area contributed by atoms with Gasteiger partial charge in [0.1, 0.15) is 0 Å². The molecular formula is C21H28. The number of aryl methyl sites for hydroxylation is 1. The molecule has 0 fully saturated rings. The zero-order valence-corrected chi connectivity index (χ0v) is 12.9. The zero-order chi connectivity index (χ0) is 17.3. The molecule has 0 atom stereocenters. The predicted molar refractivity (Wildman–Crippen MR) is 93.6 cm³/mol. The van der Waals surface area contributed by atoms with E-state index < -0.39 is 6.37 Å². The molecule has 0 N–H and O–H groups in total. The third kappa shape index (κ3) is 5.75. The van der Waals surface area contributed by atoms with Gasteiger partial charge in [0, 0.05) is 4.11 Å². The first-order valence-corrected chi connectivity index (χ1v) is 8.09. The SMILES string of the molecule is [2H]CCCCCCCCC([2H])([2H])c1ccc(-c2ccccc2)cc1. The summed E-state index contributed by atoms with van der Waals surface area (Å²) in [7, 11) is 0. The highest BCUT2D eigenvalue weighted by molar-refractivity contribution is 5.63. The molecule has 0 heterocycles. The maximum atomic E-state index is 8.33. The Kier molecular flexibility index (Phi) is 5.38. The second kappa shape index (κ2) is 9.39. The summed E-state index contributed by atoms with van der Waals surface area (Å²) in [6, 6.07) is 18.1. The molecule has 0 radical (unpaired) electrons. The number of unbranched alkanes of at least 4 members (excludes halogenated alkanes) is 5.